The Morgan fingerprint density at radius 2 is 2.17 bits per heavy atom. The summed E-state index contributed by atoms with van der Waals surface area (Å²) >= 11 is 0. The van der Waals surface area contributed by atoms with Gasteiger partial charge in [-0.25, -0.2) is 9.18 Å². The normalized spacial score (nSPS) is 17.4. The molecule has 2 rings (SSSR count). The highest BCUT2D eigenvalue weighted by atomic mass is 19.1. The van der Waals surface area contributed by atoms with Crippen LogP contribution in [0.25, 0.3) is 0 Å². The third-order valence-electron chi connectivity index (χ3n) is 3.53. The molecule has 0 radical (unpaired) electrons. The van der Waals surface area contributed by atoms with Crippen LogP contribution in [-0.2, 0) is 6.42 Å². The maximum Gasteiger partial charge on any atom is 0.317 e. The molecule has 0 heterocycles. The second kappa shape index (κ2) is 5.38. The van der Waals surface area contributed by atoms with Crippen LogP contribution in [0.2, 0.25) is 0 Å². The molecule has 0 spiro atoms. The van der Waals surface area contributed by atoms with Gasteiger partial charge in [-0.1, -0.05) is 6.07 Å². The van der Waals surface area contributed by atoms with E-state index in [9.17, 15) is 9.18 Å². The number of benzene rings is 1. The Morgan fingerprint density at radius 3 is 2.83 bits per heavy atom. The zero-order valence-electron chi connectivity index (χ0n) is 10.9. The molecular formula is C14H19FN2O. The minimum atomic E-state index is -0.204. The molecule has 2 amide bonds. The molecule has 4 heteroatoms. The van der Waals surface area contributed by atoms with Gasteiger partial charge in [0.2, 0.25) is 0 Å². The summed E-state index contributed by atoms with van der Waals surface area (Å²) in [7, 11) is 0. The number of nitrogens with zero attached hydrogens (tertiary/aromatic N) is 1. The van der Waals surface area contributed by atoms with Crippen molar-refractivity contribution in [1.82, 2.24) is 10.2 Å². The monoisotopic (exact) mass is 250 g/mol. The van der Waals surface area contributed by atoms with Crippen LogP contribution >= 0.6 is 0 Å². The minimum absolute atomic E-state index is 0.0219. The quantitative estimate of drug-likeness (QED) is 0.879. The third-order valence-corrected chi connectivity index (χ3v) is 3.53. The summed E-state index contributed by atoms with van der Waals surface area (Å²) in [6, 6.07) is 4.79. The van der Waals surface area contributed by atoms with E-state index in [2.05, 4.69) is 5.32 Å². The molecule has 1 aliphatic carbocycles. The molecule has 0 saturated carbocycles. The van der Waals surface area contributed by atoms with Crippen LogP contribution in [0.3, 0.4) is 0 Å². The third kappa shape index (κ3) is 2.47. The lowest BCUT2D eigenvalue weighted by Crippen LogP contribution is -2.40. The van der Waals surface area contributed by atoms with Crippen molar-refractivity contribution in [3.05, 3.63) is 35.1 Å². The first-order valence-corrected chi connectivity index (χ1v) is 6.49. The largest absolute Gasteiger partial charge is 0.331 e. The van der Waals surface area contributed by atoms with E-state index in [1.165, 1.54) is 6.07 Å². The molecule has 1 unspecified atom stereocenters. The number of fused-ring (bicyclic) bond motifs is 1. The van der Waals surface area contributed by atoms with Crippen molar-refractivity contribution in [2.75, 3.05) is 13.1 Å². The maximum absolute atomic E-state index is 13.1. The van der Waals surface area contributed by atoms with Gasteiger partial charge in [-0.15, -0.1) is 0 Å². The summed E-state index contributed by atoms with van der Waals surface area (Å²) in [4.78, 5) is 13.7. The van der Waals surface area contributed by atoms with Gasteiger partial charge in [0.15, 0.2) is 0 Å². The van der Waals surface area contributed by atoms with E-state index in [1.54, 1.807) is 17.0 Å². The predicted octanol–water partition coefficient (Wildman–Crippen LogP) is 2.86. The average Bonchev–Trinajstić information content (AvgIpc) is 2.73. The van der Waals surface area contributed by atoms with E-state index in [0.29, 0.717) is 13.1 Å². The highest BCUT2D eigenvalue weighted by molar-refractivity contribution is 5.74. The van der Waals surface area contributed by atoms with Crippen LogP contribution in [0.15, 0.2) is 18.2 Å². The van der Waals surface area contributed by atoms with Crippen LogP contribution in [0.5, 0.6) is 0 Å². The predicted molar refractivity (Wildman–Crippen MR) is 68.9 cm³/mol. The van der Waals surface area contributed by atoms with Gasteiger partial charge in [-0.05, 0) is 49.9 Å². The Labute approximate surface area is 107 Å². The van der Waals surface area contributed by atoms with Crippen LogP contribution < -0.4 is 5.32 Å². The van der Waals surface area contributed by atoms with Crippen molar-refractivity contribution in [3.8, 4) is 0 Å². The van der Waals surface area contributed by atoms with Gasteiger partial charge in [-0.2, -0.15) is 0 Å². The van der Waals surface area contributed by atoms with E-state index in [1.807, 2.05) is 13.8 Å². The van der Waals surface area contributed by atoms with Gasteiger partial charge in [-0.3, -0.25) is 0 Å². The summed E-state index contributed by atoms with van der Waals surface area (Å²) < 4.78 is 13.1. The lowest BCUT2D eigenvalue weighted by molar-refractivity contribution is 0.199. The molecule has 98 valence electrons. The molecule has 1 aromatic rings. The standard InChI is InChI=1S/C14H19FN2O/c1-3-17(4-2)14(18)16-13-8-5-10-9-11(15)6-7-12(10)13/h6-7,9,13H,3-5,8H2,1-2H3,(H,16,18). The number of amides is 2. The molecule has 0 fully saturated rings. The fourth-order valence-corrected chi connectivity index (χ4v) is 2.49. The lowest BCUT2D eigenvalue weighted by Gasteiger charge is -2.22. The number of nitrogens with one attached hydrogen (secondary N) is 1. The second-order valence-corrected chi connectivity index (χ2v) is 4.56. The molecular weight excluding hydrogens is 231 g/mol. The van der Waals surface area contributed by atoms with E-state index in [-0.39, 0.29) is 17.9 Å². The van der Waals surface area contributed by atoms with Crippen molar-refractivity contribution in [1.29, 1.82) is 0 Å². The molecule has 1 aromatic carbocycles. The van der Waals surface area contributed by atoms with Crippen LogP contribution in [0.1, 0.15) is 37.4 Å². The number of carbonyl (C=O) groups is 1. The van der Waals surface area contributed by atoms with Gasteiger partial charge in [0, 0.05) is 13.1 Å². The Bertz CT molecular complexity index is 443. The van der Waals surface area contributed by atoms with Crippen molar-refractivity contribution in [2.24, 2.45) is 0 Å². The molecule has 1 atom stereocenters. The Hall–Kier alpha value is -1.58. The van der Waals surface area contributed by atoms with Crippen molar-refractivity contribution >= 4 is 6.03 Å². The summed E-state index contributed by atoms with van der Waals surface area (Å²) in [5.74, 6) is -0.204. The highest BCUT2D eigenvalue weighted by Gasteiger charge is 2.25. The fraction of sp³-hybridized carbons (Fsp3) is 0.500. The summed E-state index contributed by atoms with van der Waals surface area (Å²) in [5.41, 5.74) is 2.07. The zero-order chi connectivity index (χ0) is 13.1. The first kappa shape index (κ1) is 12.9. The lowest BCUT2D eigenvalue weighted by atomic mass is 10.1. The molecule has 0 aromatic heterocycles. The van der Waals surface area contributed by atoms with Crippen molar-refractivity contribution in [2.45, 2.75) is 32.7 Å². The van der Waals surface area contributed by atoms with Crippen LogP contribution in [-0.4, -0.2) is 24.0 Å². The fourth-order valence-electron chi connectivity index (χ4n) is 2.49. The second-order valence-electron chi connectivity index (χ2n) is 4.56. The molecule has 1 aliphatic rings. The molecule has 1 N–H and O–H groups in total. The minimum Gasteiger partial charge on any atom is -0.331 e. The molecule has 18 heavy (non-hydrogen) atoms. The summed E-state index contributed by atoms with van der Waals surface area (Å²) in [5, 5.41) is 3.02. The first-order valence-electron chi connectivity index (χ1n) is 6.49. The van der Waals surface area contributed by atoms with Crippen LogP contribution in [0.4, 0.5) is 9.18 Å². The smallest absolute Gasteiger partial charge is 0.317 e. The zero-order valence-corrected chi connectivity index (χ0v) is 10.9. The van der Waals surface area contributed by atoms with Gasteiger partial charge in [0.1, 0.15) is 5.82 Å². The number of rotatable bonds is 3. The molecule has 0 saturated heterocycles. The highest BCUT2D eigenvalue weighted by Crippen LogP contribution is 2.31. The van der Waals surface area contributed by atoms with Crippen LogP contribution in [0, 0.1) is 5.82 Å². The Morgan fingerprint density at radius 1 is 1.44 bits per heavy atom. The van der Waals surface area contributed by atoms with E-state index < -0.39 is 0 Å². The molecule has 0 bridgehead atoms. The SMILES string of the molecule is CCN(CC)C(=O)NC1CCc2cc(F)ccc21. The van der Waals surface area contributed by atoms with E-state index >= 15 is 0 Å². The summed E-state index contributed by atoms with van der Waals surface area (Å²) in [6.07, 6.45) is 1.68. The van der Waals surface area contributed by atoms with Gasteiger partial charge < -0.3 is 10.2 Å². The van der Waals surface area contributed by atoms with Crippen molar-refractivity contribution in [3.63, 3.8) is 0 Å². The van der Waals surface area contributed by atoms with Gasteiger partial charge >= 0.3 is 6.03 Å². The molecule has 0 aliphatic heterocycles. The van der Waals surface area contributed by atoms with Gasteiger partial charge in [0.05, 0.1) is 6.04 Å². The number of hydrogen-bond donors (Lipinski definition) is 1. The van der Waals surface area contributed by atoms with Crippen molar-refractivity contribution < 1.29 is 9.18 Å². The number of hydrogen-bond acceptors (Lipinski definition) is 1. The van der Waals surface area contributed by atoms with Gasteiger partial charge in [0.25, 0.3) is 0 Å². The first-order chi connectivity index (χ1) is 8.65. The number of carbonyl (C=O) groups excluding carboxylic acids is 1. The number of urea groups is 1. The number of halogens is 1. The maximum atomic E-state index is 13.1. The number of aryl methyl sites for hydroxylation is 1. The Balaban J connectivity index is 2.08. The topological polar surface area (TPSA) is 32.3 Å². The molecule has 3 nitrogen and oxygen atoms in total. The van der Waals surface area contributed by atoms with E-state index in [4.69, 9.17) is 0 Å². The average molecular weight is 250 g/mol. The summed E-state index contributed by atoms with van der Waals surface area (Å²) in [6.45, 7) is 5.32. The van der Waals surface area contributed by atoms with E-state index in [0.717, 1.165) is 24.0 Å². The Kier molecular flexibility index (Phi) is 3.84.